The third-order valence-electron chi connectivity index (χ3n) is 5.73. The molecule has 3 heterocycles. The maximum Gasteiger partial charge on any atom is 0.266 e. The van der Waals surface area contributed by atoms with Crippen LogP contribution in [-0.4, -0.2) is 57.3 Å². The van der Waals surface area contributed by atoms with Gasteiger partial charge in [-0.1, -0.05) is 20.8 Å². The minimum atomic E-state index is -0.0544. The summed E-state index contributed by atoms with van der Waals surface area (Å²) in [6.07, 6.45) is 3.28. The molecule has 2 aliphatic rings. The Hall–Kier alpha value is -1.99. The number of aryl methyl sites for hydroxylation is 2. The number of rotatable bonds is 5. The lowest BCUT2D eigenvalue weighted by Gasteiger charge is -2.34. The van der Waals surface area contributed by atoms with Gasteiger partial charge in [0.1, 0.15) is 5.76 Å². The lowest BCUT2D eigenvalue weighted by molar-refractivity contribution is 0.114. The number of piperazine rings is 1. The molecular formula is C21H31N5O2. The topological polar surface area (TPSA) is 67.4 Å². The van der Waals surface area contributed by atoms with Crippen molar-refractivity contribution in [3.05, 3.63) is 45.5 Å². The molecular weight excluding hydrogens is 354 g/mol. The van der Waals surface area contributed by atoms with Crippen molar-refractivity contribution >= 4 is 0 Å². The zero-order valence-electron chi connectivity index (χ0n) is 17.3. The summed E-state index contributed by atoms with van der Waals surface area (Å²) in [4.78, 5) is 21.6. The van der Waals surface area contributed by atoms with E-state index >= 15 is 0 Å². The van der Waals surface area contributed by atoms with Crippen LogP contribution in [-0.2, 0) is 31.3 Å². The first-order chi connectivity index (χ1) is 13.4. The zero-order valence-corrected chi connectivity index (χ0v) is 17.3. The molecule has 0 spiro atoms. The molecule has 0 N–H and O–H groups in total. The number of hydrogen-bond donors (Lipinski definition) is 0. The van der Waals surface area contributed by atoms with Crippen LogP contribution >= 0.6 is 0 Å². The van der Waals surface area contributed by atoms with Gasteiger partial charge in [0, 0.05) is 50.6 Å². The van der Waals surface area contributed by atoms with Crippen molar-refractivity contribution in [2.24, 2.45) is 0 Å². The fourth-order valence-corrected chi connectivity index (χ4v) is 3.92. The first kappa shape index (κ1) is 19.3. The number of oxazole rings is 1. The first-order valence-corrected chi connectivity index (χ1v) is 10.4. The molecule has 0 radical (unpaired) electrons. The molecule has 0 aromatic carbocycles. The van der Waals surface area contributed by atoms with E-state index in [-0.39, 0.29) is 11.0 Å². The highest BCUT2D eigenvalue weighted by molar-refractivity contribution is 5.15. The van der Waals surface area contributed by atoms with Crippen LogP contribution in [0, 0.1) is 0 Å². The highest BCUT2D eigenvalue weighted by Crippen LogP contribution is 2.23. The van der Waals surface area contributed by atoms with Gasteiger partial charge in [-0.2, -0.15) is 5.10 Å². The predicted octanol–water partition coefficient (Wildman–Crippen LogP) is 1.84. The van der Waals surface area contributed by atoms with Crippen LogP contribution in [0.5, 0.6) is 0 Å². The number of fused-ring (bicyclic) bond motifs is 1. The van der Waals surface area contributed by atoms with Crippen molar-refractivity contribution in [2.45, 2.75) is 58.5 Å². The van der Waals surface area contributed by atoms with Crippen LogP contribution in [0.3, 0.4) is 0 Å². The second-order valence-electron chi connectivity index (χ2n) is 8.98. The molecule has 0 atom stereocenters. The van der Waals surface area contributed by atoms with Gasteiger partial charge in [-0.25, -0.2) is 9.67 Å². The molecule has 0 unspecified atom stereocenters. The summed E-state index contributed by atoms with van der Waals surface area (Å²) in [5.74, 6) is 1.97. The highest BCUT2D eigenvalue weighted by atomic mass is 16.4. The fraction of sp³-hybridized carbons (Fsp3) is 0.667. The molecule has 1 fully saturated rings. The Morgan fingerprint density at radius 3 is 2.50 bits per heavy atom. The van der Waals surface area contributed by atoms with E-state index in [1.807, 2.05) is 6.07 Å². The van der Waals surface area contributed by atoms with Gasteiger partial charge in [0.05, 0.1) is 24.5 Å². The van der Waals surface area contributed by atoms with Crippen LogP contribution in [0.1, 0.15) is 50.2 Å². The highest BCUT2D eigenvalue weighted by Gasteiger charge is 2.22. The molecule has 2 aromatic heterocycles. The van der Waals surface area contributed by atoms with Crippen LogP contribution in [0.15, 0.2) is 21.3 Å². The van der Waals surface area contributed by atoms with Gasteiger partial charge < -0.3 is 4.42 Å². The third kappa shape index (κ3) is 4.36. The monoisotopic (exact) mass is 385 g/mol. The predicted molar refractivity (Wildman–Crippen MR) is 107 cm³/mol. The SMILES string of the molecule is CC(C)(C)c1ccc(=O)n(CCN2CCN(Cc3nc4c(o3)CCC4)CC2)n1. The van der Waals surface area contributed by atoms with Gasteiger partial charge in [-0.3, -0.25) is 14.6 Å². The average Bonchev–Trinajstić information content (AvgIpc) is 3.23. The zero-order chi connectivity index (χ0) is 19.7. The third-order valence-corrected chi connectivity index (χ3v) is 5.73. The van der Waals surface area contributed by atoms with Gasteiger partial charge in [0.15, 0.2) is 0 Å². The summed E-state index contributed by atoms with van der Waals surface area (Å²) in [7, 11) is 0. The molecule has 7 nitrogen and oxygen atoms in total. The van der Waals surface area contributed by atoms with Crippen molar-refractivity contribution in [1.29, 1.82) is 0 Å². The van der Waals surface area contributed by atoms with Gasteiger partial charge in [-0.05, 0) is 18.9 Å². The van der Waals surface area contributed by atoms with E-state index in [0.29, 0.717) is 6.54 Å². The standard InChI is InChI=1S/C21H31N5O2/c1-21(2,3)18-7-8-20(27)26(23-18)14-13-24-9-11-25(12-10-24)15-19-22-16-5-4-6-17(16)28-19/h7-8H,4-6,9-15H2,1-3H3. The molecule has 1 saturated heterocycles. The summed E-state index contributed by atoms with van der Waals surface area (Å²) >= 11 is 0. The van der Waals surface area contributed by atoms with Gasteiger partial charge >= 0.3 is 0 Å². The van der Waals surface area contributed by atoms with Crippen molar-refractivity contribution in [3.8, 4) is 0 Å². The Kier molecular flexibility index (Phi) is 5.38. The largest absolute Gasteiger partial charge is 0.444 e. The summed E-state index contributed by atoms with van der Waals surface area (Å²) in [5, 5.41) is 4.57. The molecule has 0 saturated carbocycles. The van der Waals surface area contributed by atoms with E-state index in [0.717, 1.165) is 69.5 Å². The maximum atomic E-state index is 12.1. The summed E-state index contributed by atoms with van der Waals surface area (Å²) < 4.78 is 7.51. The Balaban J connectivity index is 1.27. The van der Waals surface area contributed by atoms with E-state index in [1.54, 1.807) is 10.7 Å². The normalized spacial score (nSPS) is 18.5. The number of hydrogen-bond acceptors (Lipinski definition) is 6. The lowest BCUT2D eigenvalue weighted by Crippen LogP contribution is -2.47. The smallest absolute Gasteiger partial charge is 0.266 e. The van der Waals surface area contributed by atoms with E-state index in [9.17, 15) is 4.79 Å². The molecule has 0 amide bonds. The van der Waals surface area contributed by atoms with Crippen LogP contribution in [0.2, 0.25) is 0 Å². The Morgan fingerprint density at radius 2 is 1.79 bits per heavy atom. The fourth-order valence-electron chi connectivity index (χ4n) is 3.92. The van der Waals surface area contributed by atoms with Crippen LogP contribution in [0.4, 0.5) is 0 Å². The molecule has 1 aliphatic carbocycles. The molecule has 152 valence electrons. The Morgan fingerprint density at radius 1 is 1.04 bits per heavy atom. The lowest BCUT2D eigenvalue weighted by atomic mass is 9.92. The second kappa shape index (κ2) is 7.79. The van der Waals surface area contributed by atoms with Crippen molar-refractivity contribution in [1.82, 2.24) is 24.6 Å². The Labute approximate surface area is 166 Å². The van der Waals surface area contributed by atoms with Crippen LogP contribution in [0.25, 0.3) is 0 Å². The summed E-state index contributed by atoms with van der Waals surface area (Å²) in [6.45, 7) is 12.6. The number of aromatic nitrogens is 3. The maximum absolute atomic E-state index is 12.1. The Bertz CT molecular complexity index is 850. The number of nitrogens with zero attached hydrogens (tertiary/aromatic N) is 5. The minimum absolute atomic E-state index is 0.0245. The van der Waals surface area contributed by atoms with E-state index in [1.165, 1.54) is 12.1 Å². The van der Waals surface area contributed by atoms with Crippen molar-refractivity contribution in [2.75, 3.05) is 32.7 Å². The van der Waals surface area contributed by atoms with Gasteiger partial charge in [0.25, 0.3) is 5.56 Å². The van der Waals surface area contributed by atoms with Crippen molar-refractivity contribution in [3.63, 3.8) is 0 Å². The van der Waals surface area contributed by atoms with E-state index in [4.69, 9.17) is 4.42 Å². The first-order valence-electron chi connectivity index (χ1n) is 10.4. The average molecular weight is 386 g/mol. The quantitative estimate of drug-likeness (QED) is 0.782. The molecule has 7 heteroatoms. The van der Waals surface area contributed by atoms with Gasteiger partial charge in [0.2, 0.25) is 5.89 Å². The van der Waals surface area contributed by atoms with Crippen LogP contribution < -0.4 is 5.56 Å². The van der Waals surface area contributed by atoms with E-state index < -0.39 is 0 Å². The molecule has 28 heavy (non-hydrogen) atoms. The summed E-state index contributed by atoms with van der Waals surface area (Å²) in [6, 6.07) is 3.48. The molecule has 2 aromatic rings. The van der Waals surface area contributed by atoms with Crippen molar-refractivity contribution < 1.29 is 4.42 Å². The van der Waals surface area contributed by atoms with E-state index in [2.05, 4.69) is 40.7 Å². The molecule has 1 aliphatic heterocycles. The second-order valence-corrected chi connectivity index (χ2v) is 8.98. The molecule has 4 rings (SSSR count). The molecule has 0 bridgehead atoms. The minimum Gasteiger partial charge on any atom is -0.444 e. The van der Waals surface area contributed by atoms with Gasteiger partial charge in [-0.15, -0.1) is 0 Å². The summed E-state index contributed by atoms with van der Waals surface area (Å²) in [5.41, 5.74) is 2.05.